The topological polar surface area (TPSA) is 12.0 Å². The van der Waals surface area contributed by atoms with Gasteiger partial charge in [0.2, 0.25) is 0 Å². The minimum absolute atomic E-state index is 0.0450. The van der Waals surface area contributed by atoms with Crippen molar-refractivity contribution in [2.24, 2.45) is 0 Å². The van der Waals surface area contributed by atoms with Crippen LogP contribution in [0.1, 0.15) is 81.9 Å². The van der Waals surface area contributed by atoms with Crippen LogP contribution >= 0.6 is 0 Å². The van der Waals surface area contributed by atoms with Gasteiger partial charge in [0.1, 0.15) is 5.82 Å². The van der Waals surface area contributed by atoms with Crippen LogP contribution < -0.4 is 5.32 Å². The SMILES string of the molecule is CCCCCCCCCCC(NC)c1cccc(C)c1F. The molecule has 0 spiro atoms. The van der Waals surface area contributed by atoms with E-state index in [4.69, 9.17) is 0 Å². The molecule has 0 fully saturated rings. The molecular formula is C19H32FN. The standard InChI is InChI=1S/C19H32FN/c1-4-5-6-7-8-9-10-11-15-18(21-3)17-14-12-13-16(2)19(17)20/h12-14,18,21H,4-11,15H2,1-3H3. The summed E-state index contributed by atoms with van der Waals surface area (Å²) in [5, 5.41) is 3.27. The van der Waals surface area contributed by atoms with E-state index in [-0.39, 0.29) is 11.9 Å². The van der Waals surface area contributed by atoms with Crippen molar-refractivity contribution in [1.82, 2.24) is 5.32 Å². The van der Waals surface area contributed by atoms with Crippen LogP contribution in [-0.4, -0.2) is 7.05 Å². The molecule has 0 saturated carbocycles. The smallest absolute Gasteiger partial charge is 0.130 e. The zero-order valence-electron chi connectivity index (χ0n) is 14.1. The number of unbranched alkanes of at least 4 members (excludes halogenated alkanes) is 7. The van der Waals surface area contributed by atoms with Gasteiger partial charge in [0.25, 0.3) is 0 Å². The fourth-order valence-electron chi connectivity index (χ4n) is 2.88. The maximum atomic E-state index is 14.1. The van der Waals surface area contributed by atoms with E-state index in [9.17, 15) is 4.39 Å². The van der Waals surface area contributed by atoms with Crippen LogP contribution in [-0.2, 0) is 0 Å². The lowest BCUT2D eigenvalue weighted by molar-refractivity contribution is 0.473. The van der Waals surface area contributed by atoms with E-state index in [2.05, 4.69) is 12.2 Å². The number of rotatable bonds is 11. The average Bonchev–Trinajstić information content (AvgIpc) is 2.49. The largest absolute Gasteiger partial charge is 0.313 e. The molecule has 0 aromatic heterocycles. The van der Waals surface area contributed by atoms with E-state index in [0.29, 0.717) is 0 Å². The predicted octanol–water partition coefficient (Wildman–Crippen LogP) is 5.93. The molecule has 2 heteroatoms. The Morgan fingerprint density at radius 3 is 2.24 bits per heavy atom. The van der Waals surface area contributed by atoms with Crippen molar-refractivity contribution >= 4 is 0 Å². The van der Waals surface area contributed by atoms with Crippen LogP contribution in [0.15, 0.2) is 18.2 Å². The molecule has 0 bridgehead atoms. The normalized spacial score (nSPS) is 12.6. The predicted molar refractivity (Wildman–Crippen MR) is 90.2 cm³/mol. The van der Waals surface area contributed by atoms with Gasteiger partial charge in [-0.05, 0) is 26.0 Å². The molecule has 1 atom stereocenters. The van der Waals surface area contributed by atoms with Crippen molar-refractivity contribution < 1.29 is 4.39 Å². The summed E-state index contributed by atoms with van der Waals surface area (Å²) in [5.74, 6) is -0.0450. The van der Waals surface area contributed by atoms with E-state index in [1.54, 1.807) is 0 Å². The van der Waals surface area contributed by atoms with Gasteiger partial charge in [-0.15, -0.1) is 0 Å². The second-order valence-electron chi connectivity index (χ2n) is 6.08. The van der Waals surface area contributed by atoms with Crippen LogP contribution in [0, 0.1) is 12.7 Å². The monoisotopic (exact) mass is 293 g/mol. The molecule has 0 aliphatic carbocycles. The Morgan fingerprint density at radius 1 is 1.00 bits per heavy atom. The summed E-state index contributed by atoms with van der Waals surface area (Å²) in [7, 11) is 1.93. The molecule has 1 nitrogen and oxygen atoms in total. The highest BCUT2D eigenvalue weighted by atomic mass is 19.1. The number of benzene rings is 1. The highest BCUT2D eigenvalue weighted by Crippen LogP contribution is 2.24. The van der Waals surface area contributed by atoms with Gasteiger partial charge in [-0.25, -0.2) is 4.39 Å². The van der Waals surface area contributed by atoms with Crippen LogP contribution in [0.5, 0.6) is 0 Å². The molecule has 0 heterocycles. The lowest BCUT2D eigenvalue weighted by atomic mass is 9.97. The average molecular weight is 293 g/mol. The third kappa shape index (κ3) is 6.60. The zero-order chi connectivity index (χ0) is 15.5. The first-order chi connectivity index (χ1) is 10.2. The second kappa shape index (κ2) is 10.8. The van der Waals surface area contributed by atoms with Crippen molar-refractivity contribution in [3.05, 3.63) is 35.1 Å². The van der Waals surface area contributed by atoms with Crippen molar-refractivity contribution in [3.63, 3.8) is 0 Å². The molecule has 1 N–H and O–H groups in total. The van der Waals surface area contributed by atoms with Crippen molar-refractivity contribution in [3.8, 4) is 0 Å². The Kier molecular flexibility index (Phi) is 9.32. The fourth-order valence-corrected chi connectivity index (χ4v) is 2.88. The van der Waals surface area contributed by atoms with Gasteiger partial charge >= 0.3 is 0 Å². The third-order valence-corrected chi connectivity index (χ3v) is 4.29. The highest BCUT2D eigenvalue weighted by Gasteiger charge is 2.14. The summed E-state index contributed by atoms with van der Waals surface area (Å²) < 4.78 is 14.1. The minimum Gasteiger partial charge on any atom is -0.313 e. The van der Waals surface area contributed by atoms with Gasteiger partial charge in [0.15, 0.2) is 0 Å². The summed E-state index contributed by atoms with van der Waals surface area (Å²) in [6.45, 7) is 4.09. The quantitative estimate of drug-likeness (QED) is 0.499. The molecule has 0 aliphatic rings. The molecule has 1 rings (SSSR count). The van der Waals surface area contributed by atoms with Crippen LogP contribution in [0.25, 0.3) is 0 Å². The van der Waals surface area contributed by atoms with Gasteiger partial charge in [-0.3, -0.25) is 0 Å². The molecule has 120 valence electrons. The van der Waals surface area contributed by atoms with E-state index in [0.717, 1.165) is 17.5 Å². The molecular weight excluding hydrogens is 261 g/mol. The Bertz CT molecular complexity index is 389. The first-order valence-corrected chi connectivity index (χ1v) is 8.63. The van der Waals surface area contributed by atoms with Gasteiger partial charge in [0.05, 0.1) is 0 Å². The number of aryl methyl sites for hydroxylation is 1. The molecule has 1 aromatic rings. The van der Waals surface area contributed by atoms with Crippen molar-refractivity contribution in [1.29, 1.82) is 0 Å². The molecule has 21 heavy (non-hydrogen) atoms. The Balaban J connectivity index is 2.27. The molecule has 1 unspecified atom stereocenters. The molecule has 1 aromatic carbocycles. The minimum atomic E-state index is -0.0450. The van der Waals surface area contributed by atoms with Crippen LogP contribution in [0.2, 0.25) is 0 Å². The van der Waals surface area contributed by atoms with Crippen LogP contribution in [0.4, 0.5) is 4.39 Å². The molecule has 0 saturated heterocycles. The summed E-state index contributed by atoms with van der Waals surface area (Å²) in [4.78, 5) is 0. The first-order valence-electron chi connectivity index (χ1n) is 8.63. The number of hydrogen-bond acceptors (Lipinski definition) is 1. The Hall–Kier alpha value is -0.890. The van der Waals surface area contributed by atoms with E-state index < -0.39 is 0 Å². The number of hydrogen-bond donors (Lipinski definition) is 1. The molecule has 0 radical (unpaired) electrons. The highest BCUT2D eigenvalue weighted by molar-refractivity contribution is 5.27. The van der Waals surface area contributed by atoms with E-state index >= 15 is 0 Å². The number of nitrogens with one attached hydrogen (secondary N) is 1. The lowest BCUT2D eigenvalue weighted by Gasteiger charge is -2.18. The van der Waals surface area contributed by atoms with Gasteiger partial charge in [-0.1, -0.05) is 76.5 Å². The zero-order valence-corrected chi connectivity index (χ0v) is 14.1. The summed E-state index contributed by atoms with van der Waals surface area (Å²) in [6.07, 6.45) is 11.6. The van der Waals surface area contributed by atoms with Crippen molar-refractivity contribution in [2.45, 2.75) is 77.7 Å². The molecule has 0 aliphatic heterocycles. The first kappa shape index (κ1) is 18.2. The summed E-state index contributed by atoms with van der Waals surface area (Å²) in [5.41, 5.74) is 1.56. The maximum Gasteiger partial charge on any atom is 0.130 e. The third-order valence-electron chi connectivity index (χ3n) is 4.29. The Morgan fingerprint density at radius 2 is 1.62 bits per heavy atom. The van der Waals surface area contributed by atoms with Gasteiger partial charge in [0, 0.05) is 11.6 Å². The second-order valence-corrected chi connectivity index (χ2v) is 6.08. The van der Waals surface area contributed by atoms with E-state index in [1.165, 1.54) is 51.4 Å². The van der Waals surface area contributed by atoms with Crippen molar-refractivity contribution in [2.75, 3.05) is 7.05 Å². The van der Waals surface area contributed by atoms with Gasteiger partial charge < -0.3 is 5.32 Å². The summed E-state index contributed by atoms with van der Waals surface area (Å²) >= 11 is 0. The van der Waals surface area contributed by atoms with Crippen LogP contribution in [0.3, 0.4) is 0 Å². The number of halogens is 1. The van der Waals surface area contributed by atoms with E-state index in [1.807, 2.05) is 32.2 Å². The Labute approximate surface area is 130 Å². The molecule has 0 amide bonds. The maximum absolute atomic E-state index is 14.1. The summed E-state index contributed by atoms with van der Waals surface area (Å²) in [6, 6.07) is 5.84. The van der Waals surface area contributed by atoms with Gasteiger partial charge in [-0.2, -0.15) is 0 Å². The fraction of sp³-hybridized carbons (Fsp3) is 0.684. The lowest BCUT2D eigenvalue weighted by Crippen LogP contribution is -2.18.